The van der Waals surface area contributed by atoms with Crippen molar-refractivity contribution in [1.82, 2.24) is 10.2 Å². The summed E-state index contributed by atoms with van der Waals surface area (Å²) in [6.07, 6.45) is 1.60. The molecule has 0 saturated carbocycles. The molecule has 0 aromatic heterocycles. The van der Waals surface area contributed by atoms with Crippen molar-refractivity contribution in [1.29, 1.82) is 0 Å². The number of nitrogens with one attached hydrogen (secondary N) is 1. The van der Waals surface area contributed by atoms with Crippen LogP contribution in [0.15, 0.2) is 18.2 Å². The molecule has 1 N–H and O–H groups in total. The lowest BCUT2D eigenvalue weighted by Gasteiger charge is -2.24. The van der Waals surface area contributed by atoms with Crippen LogP contribution in [-0.2, 0) is 16.1 Å². The van der Waals surface area contributed by atoms with Gasteiger partial charge in [0.05, 0.1) is 0 Å². The van der Waals surface area contributed by atoms with Crippen LogP contribution in [0.2, 0.25) is 5.02 Å². The Bertz CT molecular complexity index is 550. The molecule has 2 rings (SSSR count). The Labute approximate surface area is 128 Å². The third-order valence-corrected chi connectivity index (χ3v) is 3.74. The predicted molar refractivity (Wildman–Crippen MR) is 78.3 cm³/mol. The first-order valence-electron chi connectivity index (χ1n) is 7.03. The van der Waals surface area contributed by atoms with Gasteiger partial charge in [-0.3, -0.25) is 9.59 Å². The summed E-state index contributed by atoms with van der Waals surface area (Å²) < 4.78 is 13.8. The van der Waals surface area contributed by atoms with Crippen molar-refractivity contribution in [2.45, 2.75) is 38.8 Å². The van der Waals surface area contributed by atoms with Gasteiger partial charge in [0.1, 0.15) is 11.9 Å². The van der Waals surface area contributed by atoms with Gasteiger partial charge in [-0.15, -0.1) is 0 Å². The summed E-state index contributed by atoms with van der Waals surface area (Å²) in [5.74, 6) is -0.708. The van der Waals surface area contributed by atoms with E-state index in [0.717, 1.165) is 6.42 Å². The van der Waals surface area contributed by atoms with Gasteiger partial charge >= 0.3 is 0 Å². The van der Waals surface area contributed by atoms with Gasteiger partial charge in [0.15, 0.2) is 0 Å². The van der Waals surface area contributed by atoms with Gasteiger partial charge in [0.2, 0.25) is 11.8 Å². The number of halogens is 2. The molecule has 2 amide bonds. The van der Waals surface area contributed by atoms with E-state index < -0.39 is 11.9 Å². The van der Waals surface area contributed by atoms with E-state index in [9.17, 15) is 14.0 Å². The number of nitrogens with zero attached hydrogens (tertiary/aromatic N) is 1. The maximum atomic E-state index is 13.8. The molecule has 1 atom stereocenters. The minimum absolute atomic E-state index is 0.125. The van der Waals surface area contributed by atoms with Gasteiger partial charge in [0, 0.05) is 30.1 Å². The van der Waals surface area contributed by atoms with E-state index in [1.807, 2.05) is 6.92 Å². The highest BCUT2D eigenvalue weighted by atomic mass is 35.5. The quantitative estimate of drug-likeness (QED) is 0.928. The molecule has 1 saturated heterocycles. The first-order valence-corrected chi connectivity index (χ1v) is 7.41. The molecule has 1 aliphatic heterocycles. The SMILES string of the molecule is CCCC1NC(=O)CCN(Cc2cc(Cl)ccc2F)C1=O. The molecule has 1 heterocycles. The van der Waals surface area contributed by atoms with E-state index >= 15 is 0 Å². The van der Waals surface area contributed by atoms with Crippen LogP contribution in [0.1, 0.15) is 31.7 Å². The normalized spacial score (nSPS) is 19.4. The average molecular weight is 313 g/mol. The molecule has 0 bridgehead atoms. The second-order valence-corrected chi connectivity index (χ2v) is 5.59. The number of hydrogen-bond donors (Lipinski definition) is 1. The lowest BCUT2D eigenvalue weighted by atomic mass is 10.1. The van der Waals surface area contributed by atoms with Crippen LogP contribution in [0.5, 0.6) is 0 Å². The number of carbonyl (C=O) groups excluding carboxylic acids is 2. The average Bonchev–Trinajstić information content (AvgIpc) is 2.57. The third kappa shape index (κ3) is 3.94. The Balaban J connectivity index is 2.18. The molecule has 4 nitrogen and oxygen atoms in total. The standard InChI is InChI=1S/C15H18ClFN2O2/c1-2-3-13-15(21)19(7-6-14(20)18-13)9-10-8-11(16)4-5-12(10)17/h4-5,8,13H,2-3,6-7,9H2,1H3,(H,18,20). The number of benzene rings is 1. The third-order valence-electron chi connectivity index (χ3n) is 3.50. The van der Waals surface area contributed by atoms with Gasteiger partial charge in [-0.2, -0.15) is 0 Å². The van der Waals surface area contributed by atoms with Crippen molar-refractivity contribution in [3.63, 3.8) is 0 Å². The number of amides is 2. The maximum absolute atomic E-state index is 13.8. The van der Waals surface area contributed by atoms with Crippen molar-refractivity contribution >= 4 is 23.4 Å². The van der Waals surface area contributed by atoms with E-state index in [1.54, 1.807) is 0 Å². The highest BCUT2D eigenvalue weighted by molar-refractivity contribution is 6.30. The fraction of sp³-hybridized carbons (Fsp3) is 0.467. The second-order valence-electron chi connectivity index (χ2n) is 5.15. The Morgan fingerprint density at radius 1 is 1.43 bits per heavy atom. The van der Waals surface area contributed by atoms with E-state index in [1.165, 1.54) is 23.1 Å². The topological polar surface area (TPSA) is 49.4 Å². The molecule has 0 spiro atoms. The molecule has 0 radical (unpaired) electrons. The summed E-state index contributed by atoms with van der Waals surface area (Å²) in [5.41, 5.74) is 0.362. The minimum atomic E-state index is -0.521. The van der Waals surface area contributed by atoms with Crippen LogP contribution in [0.3, 0.4) is 0 Å². The van der Waals surface area contributed by atoms with Crippen molar-refractivity contribution in [2.75, 3.05) is 6.54 Å². The van der Waals surface area contributed by atoms with Crippen molar-refractivity contribution < 1.29 is 14.0 Å². The molecule has 6 heteroatoms. The molecule has 0 aliphatic carbocycles. The summed E-state index contributed by atoms with van der Waals surface area (Å²) in [6, 6.07) is 3.74. The van der Waals surface area contributed by atoms with Crippen LogP contribution in [0.25, 0.3) is 0 Å². The molecule has 114 valence electrons. The molecule has 1 aromatic rings. The minimum Gasteiger partial charge on any atom is -0.344 e. The van der Waals surface area contributed by atoms with Crippen molar-refractivity contribution in [3.8, 4) is 0 Å². The van der Waals surface area contributed by atoms with Crippen LogP contribution < -0.4 is 5.32 Å². The van der Waals surface area contributed by atoms with Crippen LogP contribution in [0.4, 0.5) is 4.39 Å². The van der Waals surface area contributed by atoms with Gasteiger partial charge in [0.25, 0.3) is 0 Å². The fourth-order valence-corrected chi connectivity index (χ4v) is 2.60. The highest BCUT2D eigenvalue weighted by Gasteiger charge is 2.29. The predicted octanol–water partition coefficient (Wildman–Crippen LogP) is 2.50. The molecule has 1 aromatic carbocycles. The Morgan fingerprint density at radius 2 is 2.19 bits per heavy atom. The summed E-state index contributed by atoms with van der Waals surface area (Å²) in [6.45, 7) is 2.36. The summed E-state index contributed by atoms with van der Waals surface area (Å²) >= 11 is 5.87. The lowest BCUT2D eigenvalue weighted by molar-refractivity contribution is -0.134. The molecule has 1 fully saturated rings. The van der Waals surface area contributed by atoms with Crippen LogP contribution in [-0.4, -0.2) is 29.3 Å². The maximum Gasteiger partial charge on any atom is 0.245 e. The first kappa shape index (κ1) is 15.8. The smallest absolute Gasteiger partial charge is 0.245 e. The first-order chi connectivity index (χ1) is 10.0. The van der Waals surface area contributed by atoms with Crippen molar-refractivity contribution in [2.24, 2.45) is 0 Å². The van der Waals surface area contributed by atoms with Crippen LogP contribution >= 0.6 is 11.6 Å². The molecular weight excluding hydrogens is 295 g/mol. The molecule has 1 unspecified atom stereocenters. The molecule has 21 heavy (non-hydrogen) atoms. The van der Waals surface area contributed by atoms with E-state index in [4.69, 9.17) is 11.6 Å². The largest absolute Gasteiger partial charge is 0.344 e. The van der Waals surface area contributed by atoms with Gasteiger partial charge < -0.3 is 10.2 Å². The van der Waals surface area contributed by atoms with E-state index in [0.29, 0.717) is 17.0 Å². The zero-order chi connectivity index (χ0) is 15.4. The zero-order valence-electron chi connectivity index (χ0n) is 11.9. The van der Waals surface area contributed by atoms with E-state index in [2.05, 4.69) is 5.32 Å². The zero-order valence-corrected chi connectivity index (χ0v) is 12.6. The summed E-state index contributed by atoms with van der Waals surface area (Å²) in [5, 5.41) is 3.15. The summed E-state index contributed by atoms with van der Waals surface area (Å²) in [4.78, 5) is 25.6. The van der Waals surface area contributed by atoms with Gasteiger partial charge in [-0.05, 0) is 24.6 Å². The number of rotatable bonds is 4. The second kappa shape index (κ2) is 6.89. The monoisotopic (exact) mass is 312 g/mol. The Hall–Kier alpha value is -1.62. The lowest BCUT2D eigenvalue weighted by Crippen LogP contribution is -2.44. The number of hydrogen-bond acceptors (Lipinski definition) is 2. The van der Waals surface area contributed by atoms with E-state index in [-0.39, 0.29) is 31.3 Å². The Kier molecular flexibility index (Phi) is 5.17. The van der Waals surface area contributed by atoms with Crippen molar-refractivity contribution in [3.05, 3.63) is 34.6 Å². The summed E-state index contributed by atoms with van der Waals surface area (Å²) in [7, 11) is 0. The van der Waals surface area contributed by atoms with Gasteiger partial charge in [-0.1, -0.05) is 24.9 Å². The highest BCUT2D eigenvalue weighted by Crippen LogP contribution is 2.18. The molecular formula is C15H18ClFN2O2. The van der Waals surface area contributed by atoms with Gasteiger partial charge in [-0.25, -0.2) is 4.39 Å². The fourth-order valence-electron chi connectivity index (χ4n) is 2.41. The van der Waals surface area contributed by atoms with Crippen LogP contribution in [0, 0.1) is 5.82 Å². The Morgan fingerprint density at radius 3 is 2.90 bits per heavy atom. The number of carbonyl (C=O) groups is 2. The molecule has 1 aliphatic rings.